The molecule has 1 amide bonds. The number of morpholine rings is 1. The van der Waals surface area contributed by atoms with E-state index in [4.69, 9.17) is 4.74 Å². The summed E-state index contributed by atoms with van der Waals surface area (Å²) in [6.45, 7) is 8.34. The number of carbonyl (C=O) groups is 1. The third-order valence-electron chi connectivity index (χ3n) is 5.11. The standard InChI is InChI=1S/C18H29N5O2/c1-13-4-6-22(7-5-13)11-17(24)23-8-9-25-12-15(23)18-20-14(2)10-16(19-3)21-18/h10,13,15H,4-9,11-12H2,1-3H3,(H,19,20,21)/t15-/m0/s1. The molecule has 0 bridgehead atoms. The molecule has 25 heavy (non-hydrogen) atoms. The zero-order valence-corrected chi connectivity index (χ0v) is 15.5. The highest BCUT2D eigenvalue weighted by molar-refractivity contribution is 5.78. The number of aryl methyl sites for hydroxylation is 1. The van der Waals surface area contributed by atoms with Crippen LogP contribution in [0.2, 0.25) is 0 Å². The molecular weight excluding hydrogens is 318 g/mol. The predicted octanol–water partition coefficient (Wildman–Crippen LogP) is 1.46. The second-order valence-electron chi connectivity index (χ2n) is 7.14. The van der Waals surface area contributed by atoms with Crippen LogP contribution in [0.15, 0.2) is 6.07 Å². The van der Waals surface area contributed by atoms with E-state index in [0.29, 0.717) is 32.1 Å². The quantitative estimate of drug-likeness (QED) is 0.889. The number of nitrogens with one attached hydrogen (secondary N) is 1. The molecule has 7 nitrogen and oxygen atoms in total. The van der Waals surface area contributed by atoms with Crippen LogP contribution in [-0.4, -0.2) is 72.1 Å². The van der Waals surface area contributed by atoms with Gasteiger partial charge in [-0.1, -0.05) is 6.92 Å². The Morgan fingerprint density at radius 2 is 2.08 bits per heavy atom. The maximum atomic E-state index is 12.9. The molecule has 0 aliphatic carbocycles. The Morgan fingerprint density at radius 1 is 1.32 bits per heavy atom. The summed E-state index contributed by atoms with van der Waals surface area (Å²) in [5, 5.41) is 3.06. The lowest BCUT2D eigenvalue weighted by Crippen LogP contribution is -2.49. The minimum Gasteiger partial charge on any atom is -0.377 e. The van der Waals surface area contributed by atoms with Gasteiger partial charge in [0.05, 0.1) is 19.8 Å². The Morgan fingerprint density at radius 3 is 2.80 bits per heavy atom. The second-order valence-corrected chi connectivity index (χ2v) is 7.14. The van der Waals surface area contributed by atoms with Crippen molar-refractivity contribution < 1.29 is 9.53 Å². The van der Waals surface area contributed by atoms with Crippen molar-refractivity contribution in [3.05, 3.63) is 17.6 Å². The topological polar surface area (TPSA) is 70.6 Å². The van der Waals surface area contributed by atoms with Crippen LogP contribution in [-0.2, 0) is 9.53 Å². The largest absolute Gasteiger partial charge is 0.377 e. The number of aromatic nitrogens is 2. The summed E-state index contributed by atoms with van der Waals surface area (Å²) in [5.74, 6) is 2.34. The van der Waals surface area contributed by atoms with E-state index >= 15 is 0 Å². The Balaban J connectivity index is 1.72. The van der Waals surface area contributed by atoms with E-state index in [9.17, 15) is 4.79 Å². The summed E-state index contributed by atoms with van der Waals surface area (Å²) in [6, 6.07) is 1.69. The third-order valence-corrected chi connectivity index (χ3v) is 5.11. The number of hydrogen-bond acceptors (Lipinski definition) is 6. The molecule has 0 spiro atoms. The number of hydrogen-bond donors (Lipinski definition) is 1. The first-order valence-corrected chi connectivity index (χ1v) is 9.19. The van der Waals surface area contributed by atoms with E-state index < -0.39 is 0 Å². The molecule has 0 aromatic carbocycles. The molecule has 7 heteroatoms. The van der Waals surface area contributed by atoms with E-state index in [2.05, 4.69) is 27.1 Å². The van der Waals surface area contributed by atoms with E-state index in [1.54, 1.807) is 0 Å². The van der Waals surface area contributed by atoms with E-state index in [1.165, 1.54) is 12.8 Å². The Bertz CT molecular complexity index is 601. The summed E-state index contributed by atoms with van der Waals surface area (Å²) < 4.78 is 5.63. The van der Waals surface area contributed by atoms with Crippen LogP contribution in [0.1, 0.15) is 37.3 Å². The highest BCUT2D eigenvalue weighted by atomic mass is 16.5. The zero-order valence-electron chi connectivity index (χ0n) is 15.5. The van der Waals surface area contributed by atoms with Crippen LogP contribution >= 0.6 is 0 Å². The van der Waals surface area contributed by atoms with E-state index in [1.807, 2.05) is 24.9 Å². The number of likely N-dealkylation sites (tertiary alicyclic amines) is 1. The number of ether oxygens (including phenoxy) is 1. The normalized spacial score (nSPS) is 22.8. The van der Waals surface area contributed by atoms with Crippen molar-refractivity contribution in [2.24, 2.45) is 5.92 Å². The Labute approximate surface area is 149 Å². The first-order valence-electron chi connectivity index (χ1n) is 9.19. The molecule has 2 aliphatic rings. The van der Waals surface area contributed by atoms with Crippen molar-refractivity contribution in [2.75, 3.05) is 51.8 Å². The molecule has 138 valence electrons. The predicted molar refractivity (Wildman–Crippen MR) is 96.4 cm³/mol. The zero-order chi connectivity index (χ0) is 17.8. The summed E-state index contributed by atoms with van der Waals surface area (Å²) in [4.78, 5) is 26.2. The molecule has 3 heterocycles. The van der Waals surface area contributed by atoms with Gasteiger partial charge < -0.3 is 15.0 Å². The molecule has 1 atom stereocenters. The summed E-state index contributed by atoms with van der Waals surface area (Å²) in [5.41, 5.74) is 0.886. The third kappa shape index (κ3) is 4.46. The lowest BCUT2D eigenvalue weighted by Gasteiger charge is -2.37. The van der Waals surface area contributed by atoms with Gasteiger partial charge in [-0.25, -0.2) is 9.97 Å². The minimum atomic E-state index is -0.211. The van der Waals surface area contributed by atoms with Gasteiger partial charge in [0.1, 0.15) is 11.9 Å². The van der Waals surface area contributed by atoms with Crippen molar-refractivity contribution >= 4 is 11.7 Å². The smallest absolute Gasteiger partial charge is 0.237 e. The van der Waals surface area contributed by atoms with Crippen LogP contribution in [0.4, 0.5) is 5.82 Å². The lowest BCUT2D eigenvalue weighted by atomic mass is 9.99. The molecule has 2 aliphatic heterocycles. The highest BCUT2D eigenvalue weighted by Gasteiger charge is 2.32. The number of nitrogens with zero attached hydrogens (tertiary/aromatic N) is 4. The molecule has 0 saturated carbocycles. The van der Waals surface area contributed by atoms with Gasteiger partial charge >= 0.3 is 0 Å². The van der Waals surface area contributed by atoms with E-state index in [-0.39, 0.29) is 11.9 Å². The number of rotatable bonds is 4. The van der Waals surface area contributed by atoms with Crippen molar-refractivity contribution in [3.63, 3.8) is 0 Å². The lowest BCUT2D eigenvalue weighted by molar-refractivity contribution is -0.142. The van der Waals surface area contributed by atoms with Crippen LogP contribution in [0, 0.1) is 12.8 Å². The minimum absolute atomic E-state index is 0.152. The van der Waals surface area contributed by atoms with Crippen molar-refractivity contribution in [3.8, 4) is 0 Å². The monoisotopic (exact) mass is 347 g/mol. The molecule has 0 unspecified atom stereocenters. The molecule has 2 fully saturated rings. The van der Waals surface area contributed by atoms with Crippen LogP contribution < -0.4 is 5.32 Å². The Kier molecular flexibility index (Phi) is 5.86. The van der Waals surface area contributed by atoms with Gasteiger partial charge in [-0.05, 0) is 38.8 Å². The number of carbonyl (C=O) groups excluding carboxylic acids is 1. The van der Waals surface area contributed by atoms with Crippen molar-refractivity contribution in [2.45, 2.75) is 32.7 Å². The summed E-state index contributed by atoms with van der Waals surface area (Å²) in [6.07, 6.45) is 2.35. The maximum absolute atomic E-state index is 12.9. The molecular formula is C18H29N5O2. The number of anilines is 1. The SMILES string of the molecule is CNc1cc(C)nc([C@@H]2COCCN2C(=O)CN2CCC(C)CC2)n1. The van der Waals surface area contributed by atoms with Crippen LogP contribution in [0.3, 0.4) is 0 Å². The summed E-state index contributed by atoms with van der Waals surface area (Å²) in [7, 11) is 1.84. The van der Waals surface area contributed by atoms with Crippen LogP contribution in [0.25, 0.3) is 0 Å². The van der Waals surface area contributed by atoms with Crippen molar-refractivity contribution in [1.82, 2.24) is 19.8 Å². The first-order chi connectivity index (χ1) is 12.1. The van der Waals surface area contributed by atoms with Gasteiger partial charge in [0.15, 0.2) is 5.82 Å². The van der Waals surface area contributed by atoms with Gasteiger partial charge in [0.2, 0.25) is 5.91 Å². The molecule has 3 rings (SSSR count). The number of amides is 1. The molecule has 0 radical (unpaired) electrons. The molecule has 1 aromatic rings. The Hall–Kier alpha value is -1.73. The van der Waals surface area contributed by atoms with Crippen LogP contribution in [0.5, 0.6) is 0 Å². The van der Waals surface area contributed by atoms with Gasteiger partial charge in [0.25, 0.3) is 0 Å². The fourth-order valence-electron chi connectivity index (χ4n) is 3.49. The first kappa shape index (κ1) is 18.1. The highest BCUT2D eigenvalue weighted by Crippen LogP contribution is 2.24. The fraction of sp³-hybridized carbons (Fsp3) is 0.722. The van der Waals surface area contributed by atoms with Gasteiger partial charge in [-0.2, -0.15) is 0 Å². The van der Waals surface area contributed by atoms with E-state index in [0.717, 1.165) is 30.5 Å². The molecule has 2 saturated heterocycles. The average Bonchev–Trinajstić information content (AvgIpc) is 2.63. The second kappa shape index (κ2) is 8.10. The summed E-state index contributed by atoms with van der Waals surface area (Å²) >= 11 is 0. The maximum Gasteiger partial charge on any atom is 0.237 e. The van der Waals surface area contributed by atoms with Gasteiger partial charge in [-0.15, -0.1) is 0 Å². The van der Waals surface area contributed by atoms with Gasteiger partial charge in [-0.3, -0.25) is 9.69 Å². The van der Waals surface area contributed by atoms with Gasteiger partial charge in [0, 0.05) is 25.4 Å². The molecule has 1 aromatic heterocycles. The molecule has 1 N–H and O–H groups in total. The number of piperidine rings is 1. The fourth-order valence-corrected chi connectivity index (χ4v) is 3.49. The average molecular weight is 347 g/mol. The van der Waals surface area contributed by atoms with Crippen molar-refractivity contribution in [1.29, 1.82) is 0 Å².